The second-order valence-corrected chi connectivity index (χ2v) is 10.7. The average Bonchev–Trinajstić information content (AvgIpc) is 2.67. The fourth-order valence-corrected chi connectivity index (χ4v) is 4.08. The molecule has 3 rings (SSSR count). The van der Waals surface area contributed by atoms with Crippen molar-refractivity contribution in [2.45, 2.75) is 52.4 Å². The van der Waals surface area contributed by atoms with E-state index in [0.29, 0.717) is 0 Å². The number of hydrogen-bond donors (Lipinski definition) is 1. The van der Waals surface area contributed by atoms with E-state index in [2.05, 4.69) is 65.8 Å². The summed E-state index contributed by atoms with van der Waals surface area (Å²) in [6.45, 7) is 13.2. The number of benzene rings is 3. The molecule has 0 heterocycles. The van der Waals surface area contributed by atoms with Crippen LogP contribution < -0.4 is 9.83 Å². The van der Waals surface area contributed by atoms with E-state index >= 15 is 0 Å². The first-order chi connectivity index (χ1) is 13.6. The highest BCUT2D eigenvalue weighted by molar-refractivity contribution is 7.55. The molecule has 0 fully saturated rings. The van der Waals surface area contributed by atoms with Crippen LogP contribution in [-0.4, -0.2) is 4.89 Å². The van der Waals surface area contributed by atoms with E-state index in [1.165, 1.54) is 5.56 Å². The van der Waals surface area contributed by atoms with Crippen LogP contribution in [0.1, 0.15) is 52.7 Å². The molecule has 0 saturated carbocycles. The second-order valence-electron chi connectivity index (χ2n) is 9.49. The first kappa shape index (κ1) is 21.6. The molecule has 0 amide bonds. The molecular formula is C26H31O2P. The molecule has 0 radical (unpaired) electrons. The zero-order valence-electron chi connectivity index (χ0n) is 18.2. The van der Waals surface area contributed by atoms with Crippen LogP contribution in [0.25, 0.3) is 11.1 Å². The Balaban J connectivity index is 1.86. The normalized spacial score (nSPS) is 13.2. The molecule has 0 bridgehead atoms. The smallest absolute Gasteiger partial charge is 0.262 e. The van der Waals surface area contributed by atoms with Gasteiger partial charge < -0.3 is 9.42 Å². The maximum absolute atomic E-state index is 10.8. The summed E-state index contributed by atoms with van der Waals surface area (Å²) in [6, 6.07) is 24.5. The van der Waals surface area contributed by atoms with Crippen LogP contribution in [0.5, 0.6) is 5.75 Å². The molecule has 0 saturated heterocycles. The van der Waals surface area contributed by atoms with Gasteiger partial charge in [0.25, 0.3) is 8.38 Å². The van der Waals surface area contributed by atoms with Gasteiger partial charge in [-0.2, -0.15) is 0 Å². The van der Waals surface area contributed by atoms with E-state index in [9.17, 15) is 4.89 Å². The molecule has 2 nitrogen and oxygen atoms in total. The highest BCUT2D eigenvalue weighted by Gasteiger charge is 2.24. The molecule has 1 atom stereocenters. The van der Waals surface area contributed by atoms with Crippen LogP contribution in [-0.2, 0) is 10.8 Å². The molecule has 1 N–H and O–H groups in total. The molecule has 0 aliphatic rings. The second kappa shape index (κ2) is 8.30. The summed E-state index contributed by atoms with van der Waals surface area (Å²) in [4.78, 5) is 10.8. The highest BCUT2D eigenvalue weighted by atomic mass is 31.2. The third kappa shape index (κ3) is 5.26. The summed E-state index contributed by atoms with van der Waals surface area (Å²) in [5.74, 6) is 0.756. The van der Waals surface area contributed by atoms with Crippen LogP contribution in [0.3, 0.4) is 0 Å². The van der Waals surface area contributed by atoms with Crippen molar-refractivity contribution in [2.24, 2.45) is 0 Å². The largest absolute Gasteiger partial charge is 0.444 e. The summed E-state index contributed by atoms with van der Waals surface area (Å²) in [5.41, 5.74) is 4.66. The quantitative estimate of drug-likeness (QED) is 0.475. The van der Waals surface area contributed by atoms with E-state index in [1.54, 1.807) is 0 Å². The predicted molar refractivity (Wildman–Crippen MR) is 125 cm³/mol. The lowest BCUT2D eigenvalue weighted by atomic mass is 9.80. The minimum absolute atomic E-state index is 0.0652. The molecule has 3 heteroatoms. The van der Waals surface area contributed by atoms with Gasteiger partial charge in [-0.05, 0) is 45.7 Å². The van der Waals surface area contributed by atoms with Gasteiger partial charge in [-0.25, -0.2) is 0 Å². The van der Waals surface area contributed by atoms with E-state index in [4.69, 9.17) is 4.52 Å². The van der Waals surface area contributed by atoms with Crippen LogP contribution in [0.2, 0.25) is 0 Å². The molecule has 152 valence electrons. The summed E-state index contributed by atoms with van der Waals surface area (Å²) in [6.07, 6.45) is 0. The molecule has 0 aliphatic heterocycles. The van der Waals surface area contributed by atoms with Crippen molar-refractivity contribution in [2.75, 3.05) is 0 Å². The van der Waals surface area contributed by atoms with E-state index < -0.39 is 8.38 Å². The van der Waals surface area contributed by atoms with E-state index in [1.807, 2.05) is 48.5 Å². The first-order valence-corrected chi connectivity index (χ1v) is 11.2. The van der Waals surface area contributed by atoms with Crippen molar-refractivity contribution in [3.63, 3.8) is 0 Å². The zero-order valence-corrected chi connectivity index (χ0v) is 19.1. The molecule has 0 aromatic heterocycles. The minimum atomic E-state index is -1.73. The van der Waals surface area contributed by atoms with Crippen molar-refractivity contribution in [1.29, 1.82) is 0 Å². The van der Waals surface area contributed by atoms with Gasteiger partial charge in [-0.15, -0.1) is 0 Å². The highest BCUT2D eigenvalue weighted by Crippen LogP contribution is 2.41. The molecule has 0 spiro atoms. The van der Waals surface area contributed by atoms with Crippen molar-refractivity contribution in [3.8, 4) is 16.9 Å². The van der Waals surface area contributed by atoms with Gasteiger partial charge in [0, 0.05) is 10.9 Å². The Morgan fingerprint density at radius 1 is 0.690 bits per heavy atom. The Kier molecular flexibility index (Phi) is 6.17. The number of hydrogen-bond acceptors (Lipinski definition) is 2. The monoisotopic (exact) mass is 406 g/mol. The van der Waals surface area contributed by atoms with Crippen molar-refractivity contribution in [3.05, 3.63) is 83.9 Å². The maximum Gasteiger partial charge on any atom is 0.262 e. The molecule has 0 aliphatic carbocycles. The Morgan fingerprint density at radius 2 is 1.28 bits per heavy atom. The van der Waals surface area contributed by atoms with E-state index in [-0.39, 0.29) is 10.8 Å². The fraction of sp³-hybridized carbons (Fsp3) is 0.308. The SMILES string of the molecule is CC(C)(C)c1ccc(OP(O)c2ccc(-c3ccccc3)cc2)c(C(C)(C)C)c1. The Morgan fingerprint density at radius 3 is 1.83 bits per heavy atom. The maximum atomic E-state index is 10.8. The van der Waals surface area contributed by atoms with Crippen LogP contribution in [0.4, 0.5) is 0 Å². The Labute approximate surface area is 176 Å². The summed E-state index contributed by atoms with van der Waals surface area (Å²) < 4.78 is 6.09. The van der Waals surface area contributed by atoms with Crippen LogP contribution in [0.15, 0.2) is 72.8 Å². The zero-order chi connectivity index (χ0) is 21.2. The average molecular weight is 407 g/mol. The fourth-order valence-electron chi connectivity index (χ4n) is 3.22. The van der Waals surface area contributed by atoms with Gasteiger partial charge >= 0.3 is 0 Å². The van der Waals surface area contributed by atoms with Gasteiger partial charge in [0.15, 0.2) is 0 Å². The van der Waals surface area contributed by atoms with Gasteiger partial charge in [0.1, 0.15) is 5.75 Å². The van der Waals surface area contributed by atoms with Crippen molar-refractivity contribution >= 4 is 13.7 Å². The lowest BCUT2D eigenvalue weighted by molar-refractivity contribution is 0.477. The summed E-state index contributed by atoms with van der Waals surface area (Å²) in [7, 11) is -1.73. The van der Waals surface area contributed by atoms with Crippen LogP contribution >= 0.6 is 8.38 Å². The topological polar surface area (TPSA) is 29.5 Å². The molecular weight excluding hydrogens is 375 g/mol. The minimum Gasteiger partial charge on any atom is -0.444 e. The Hall–Kier alpha value is -2.15. The van der Waals surface area contributed by atoms with Gasteiger partial charge in [-0.1, -0.05) is 96.1 Å². The van der Waals surface area contributed by atoms with Crippen molar-refractivity contribution in [1.82, 2.24) is 0 Å². The third-order valence-electron chi connectivity index (χ3n) is 5.03. The molecule has 3 aromatic rings. The van der Waals surface area contributed by atoms with Gasteiger partial charge in [0.05, 0.1) is 0 Å². The molecule has 29 heavy (non-hydrogen) atoms. The Bertz CT molecular complexity index is 949. The molecule has 1 unspecified atom stereocenters. The summed E-state index contributed by atoms with van der Waals surface area (Å²) >= 11 is 0. The van der Waals surface area contributed by atoms with Crippen molar-refractivity contribution < 1.29 is 9.42 Å². The predicted octanol–water partition coefficient (Wildman–Crippen LogP) is 6.96. The van der Waals surface area contributed by atoms with Crippen LogP contribution in [0, 0.1) is 0 Å². The summed E-state index contributed by atoms with van der Waals surface area (Å²) in [5, 5.41) is 0.805. The number of rotatable bonds is 4. The van der Waals surface area contributed by atoms with Gasteiger partial charge in [0.2, 0.25) is 0 Å². The molecule has 3 aromatic carbocycles. The standard InChI is InChI=1S/C26H31O2P/c1-25(2,3)21-14-17-24(23(18-21)26(4,5)6)28-29(27)22-15-12-20(13-16-22)19-10-8-7-9-11-19/h7-18,27H,1-6H3. The third-order valence-corrected chi connectivity index (χ3v) is 6.14. The lowest BCUT2D eigenvalue weighted by Crippen LogP contribution is -2.17. The first-order valence-electron chi connectivity index (χ1n) is 10.0. The van der Waals surface area contributed by atoms with Gasteiger partial charge in [-0.3, -0.25) is 0 Å². The lowest BCUT2D eigenvalue weighted by Gasteiger charge is -2.27. The van der Waals surface area contributed by atoms with E-state index in [0.717, 1.165) is 27.7 Å².